The van der Waals surface area contributed by atoms with Crippen LogP contribution in [0.15, 0.2) is 0 Å². The maximum atomic E-state index is 12.2. The van der Waals surface area contributed by atoms with E-state index in [4.69, 9.17) is 4.74 Å². The van der Waals surface area contributed by atoms with Crippen LogP contribution in [0.1, 0.15) is 32.6 Å². The first kappa shape index (κ1) is 14.3. The highest BCUT2D eigenvalue weighted by Crippen LogP contribution is 2.18. The summed E-state index contributed by atoms with van der Waals surface area (Å²) < 4.78 is 5.18. The van der Waals surface area contributed by atoms with Gasteiger partial charge in [0.15, 0.2) is 0 Å². The van der Waals surface area contributed by atoms with Crippen LogP contribution in [0.5, 0.6) is 0 Å². The number of amides is 1. The third kappa shape index (κ3) is 3.45. The van der Waals surface area contributed by atoms with E-state index >= 15 is 0 Å². The number of carbonyl (C=O) groups is 2. The van der Waals surface area contributed by atoms with E-state index in [1.165, 1.54) is 0 Å². The number of nitrogens with zero attached hydrogens (tertiary/aromatic N) is 1. The van der Waals surface area contributed by atoms with Gasteiger partial charge >= 0.3 is 5.97 Å². The molecule has 2 rings (SSSR count). The molecular weight excluding hydrogens is 248 g/mol. The number of nitrogens with one attached hydrogen (secondary N) is 1. The molecule has 2 N–H and O–H groups in total. The minimum atomic E-state index is -0.930. The minimum absolute atomic E-state index is 0.0694. The molecular formula is C13H22N2O4. The van der Waals surface area contributed by atoms with Crippen molar-refractivity contribution < 1.29 is 19.4 Å². The lowest BCUT2D eigenvalue weighted by Gasteiger charge is -2.36. The van der Waals surface area contributed by atoms with Crippen molar-refractivity contribution >= 4 is 11.9 Å². The molecule has 1 saturated carbocycles. The summed E-state index contributed by atoms with van der Waals surface area (Å²) in [6.07, 6.45) is 4.39. The van der Waals surface area contributed by atoms with E-state index in [9.17, 15) is 14.7 Å². The summed E-state index contributed by atoms with van der Waals surface area (Å²) in [7, 11) is 0. The van der Waals surface area contributed by atoms with Gasteiger partial charge in [0.05, 0.1) is 19.3 Å². The number of carboxylic acids is 1. The Morgan fingerprint density at radius 2 is 2.05 bits per heavy atom. The Hall–Kier alpha value is -1.14. The monoisotopic (exact) mass is 270 g/mol. The van der Waals surface area contributed by atoms with Gasteiger partial charge in [0, 0.05) is 12.6 Å². The molecule has 2 unspecified atom stereocenters. The van der Waals surface area contributed by atoms with Crippen molar-refractivity contribution in [2.24, 2.45) is 0 Å². The average Bonchev–Trinajstić information content (AvgIpc) is 2.90. The minimum Gasteiger partial charge on any atom is -0.480 e. The zero-order valence-electron chi connectivity index (χ0n) is 11.3. The van der Waals surface area contributed by atoms with Crippen LogP contribution in [0.2, 0.25) is 0 Å². The maximum Gasteiger partial charge on any atom is 0.323 e. The molecule has 2 fully saturated rings. The van der Waals surface area contributed by atoms with E-state index in [1.807, 2.05) is 0 Å². The number of carbonyl (C=O) groups excluding carboxylic acids is 1. The number of rotatable bonds is 4. The molecule has 1 amide bonds. The fourth-order valence-corrected chi connectivity index (χ4v) is 2.84. The lowest BCUT2D eigenvalue weighted by Crippen LogP contribution is -2.58. The predicted octanol–water partition coefficient (Wildman–Crippen LogP) is 0.219. The Morgan fingerprint density at radius 1 is 1.37 bits per heavy atom. The second-order valence-electron chi connectivity index (χ2n) is 5.33. The lowest BCUT2D eigenvalue weighted by molar-refractivity contribution is -0.153. The number of hydrogen-bond donors (Lipinski definition) is 2. The van der Waals surface area contributed by atoms with Crippen LogP contribution < -0.4 is 5.32 Å². The van der Waals surface area contributed by atoms with Crippen LogP contribution in [0.25, 0.3) is 0 Å². The molecule has 0 aromatic rings. The van der Waals surface area contributed by atoms with Gasteiger partial charge in [0.25, 0.3) is 0 Å². The van der Waals surface area contributed by atoms with E-state index < -0.39 is 18.1 Å². The molecule has 1 aliphatic heterocycles. The van der Waals surface area contributed by atoms with Crippen molar-refractivity contribution in [1.82, 2.24) is 10.2 Å². The van der Waals surface area contributed by atoms with Crippen LogP contribution in [0.4, 0.5) is 0 Å². The van der Waals surface area contributed by atoms with Crippen molar-refractivity contribution in [3.63, 3.8) is 0 Å². The molecule has 2 aliphatic rings. The highest BCUT2D eigenvalue weighted by atomic mass is 16.5. The Labute approximate surface area is 113 Å². The van der Waals surface area contributed by atoms with Crippen LogP contribution in [0, 0.1) is 0 Å². The van der Waals surface area contributed by atoms with Gasteiger partial charge in [0.1, 0.15) is 6.04 Å². The topological polar surface area (TPSA) is 78.9 Å². The predicted molar refractivity (Wildman–Crippen MR) is 68.8 cm³/mol. The van der Waals surface area contributed by atoms with Gasteiger partial charge in [-0.1, -0.05) is 12.8 Å². The van der Waals surface area contributed by atoms with Gasteiger partial charge in [-0.3, -0.25) is 14.5 Å². The summed E-state index contributed by atoms with van der Waals surface area (Å²) in [4.78, 5) is 25.1. The fourth-order valence-electron chi connectivity index (χ4n) is 2.84. The second-order valence-corrected chi connectivity index (χ2v) is 5.33. The Kier molecular flexibility index (Phi) is 4.76. The van der Waals surface area contributed by atoms with Gasteiger partial charge < -0.3 is 15.2 Å². The number of aliphatic carboxylic acids is 1. The molecule has 0 aromatic carbocycles. The zero-order chi connectivity index (χ0) is 13.8. The van der Waals surface area contributed by atoms with Crippen LogP contribution in [0.3, 0.4) is 0 Å². The fraction of sp³-hybridized carbons (Fsp3) is 0.846. The summed E-state index contributed by atoms with van der Waals surface area (Å²) in [5.74, 6) is -1.000. The van der Waals surface area contributed by atoms with Crippen LogP contribution in [-0.4, -0.2) is 59.8 Å². The maximum absolute atomic E-state index is 12.2. The summed E-state index contributed by atoms with van der Waals surface area (Å²) in [6.45, 7) is 2.88. The van der Waals surface area contributed by atoms with Gasteiger partial charge in [-0.2, -0.15) is 0 Å². The summed E-state index contributed by atoms with van der Waals surface area (Å²) in [6, 6.07) is -0.886. The number of hydrogen-bond acceptors (Lipinski definition) is 4. The molecule has 2 atom stereocenters. The van der Waals surface area contributed by atoms with Crippen molar-refractivity contribution in [3.8, 4) is 0 Å². The van der Waals surface area contributed by atoms with E-state index in [-0.39, 0.29) is 18.6 Å². The summed E-state index contributed by atoms with van der Waals surface area (Å²) in [5.41, 5.74) is 0. The Morgan fingerprint density at radius 3 is 2.68 bits per heavy atom. The molecule has 1 heterocycles. The molecule has 0 bridgehead atoms. The molecule has 108 valence electrons. The van der Waals surface area contributed by atoms with Gasteiger partial charge in [-0.05, 0) is 19.8 Å². The number of carboxylic acid groups (broad SMARTS) is 1. The van der Waals surface area contributed by atoms with Crippen molar-refractivity contribution in [3.05, 3.63) is 0 Å². The standard InChI is InChI=1S/C13H22N2O4/c1-9(12(16)14-10-4-2-3-5-10)15-6-7-19-8-11(15)13(17)18/h9-11H,2-8H2,1H3,(H,14,16)(H,17,18). The van der Waals surface area contributed by atoms with Crippen molar-refractivity contribution in [2.45, 2.75) is 50.7 Å². The van der Waals surface area contributed by atoms with E-state index in [1.54, 1.807) is 11.8 Å². The SMILES string of the molecule is CC(C(=O)NC1CCCC1)N1CCOCC1C(=O)O. The molecule has 1 saturated heterocycles. The largest absolute Gasteiger partial charge is 0.480 e. The van der Waals surface area contributed by atoms with Gasteiger partial charge in [-0.25, -0.2) is 0 Å². The normalized spacial score (nSPS) is 27.1. The summed E-state index contributed by atoms with van der Waals surface area (Å²) in [5, 5.41) is 12.2. The average molecular weight is 270 g/mol. The molecule has 19 heavy (non-hydrogen) atoms. The third-order valence-electron chi connectivity index (χ3n) is 4.03. The quantitative estimate of drug-likeness (QED) is 0.764. The molecule has 0 spiro atoms. The molecule has 0 radical (unpaired) electrons. The highest BCUT2D eigenvalue weighted by molar-refractivity contribution is 5.83. The van der Waals surface area contributed by atoms with E-state index in [0.717, 1.165) is 25.7 Å². The van der Waals surface area contributed by atoms with Crippen LogP contribution in [-0.2, 0) is 14.3 Å². The first-order valence-corrected chi connectivity index (χ1v) is 6.96. The molecule has 6 heteroatoms. The van der Waals surface area contributed by atoms with Gasteiger partial charge in [0.2, 0.25) is 5.91 Å². The molecule has 6 nitrogen and oxygen atoms in total. The van der Waals surface area contributed by atoms with E-state index in [2.05, 4.69) is 5.32 Å². The van der Waals surface area contributed by atoms with Gasteiger partial charge in [-0.15, -0.1) is 0 Å². The third-order valence-corrected chi connectivity index (χ3v) is 4.03. The Bertz CT molecular complexity index is 342. The molecule has 0 aromatic heterocycles. The van der Waals surface area contributed by atoms with Crippen LogP contribution >= 0.6 is 0 Å². The lowest BCUT2D eigenvalue weighted by atomic mass is 10.1. The second kappa shape index (κ2) is 6.34. The number of ether oxygens (including phenoxy) is 1. The molecule has 1 aliphatic carbocycles. The number of morpholine rings is 1. The van der Waals surface area contributed by atoms with Crippen molar-refractivity contribution in [2.75, 3.05) is 19.8 Å². The Balaban J connectivity index is 1.93. The summed E-state index contributed by atoms with van der Waals surface area (Å²) >= 11 is 0. The zero-order valence-corrected chi connectivity index (χ0v) is 11.3. The van der Waals surface area contributed by atoms with Crippen molar-refractivity contribution in [1.29, 1.82) is 0 Å². The highest BCUT2D eigenvalue weighted by Gasteiger charge is 2.35. The first-order valence-electron chi connectivity index (χ1n) is 6.96. The smallest absolute Gasteiger partial charge is 0.323 e. The first-order chi connectivity index (χ1) is 9.09. The van der Waals surface area contributed by atoms with E-state index in [0.29, 0.717) is 13.2 Å².